The van der Waals surface area contributed by atoms with E-state index in [0.717, 1.165) is 21.0 Å². The number of anilines is 1. The van der Waals surface area contributed by atoms with Gasteiger partial charge in [0.25, 0.3) is 10.0 Å². The highest BCUT2D eigenvalue weighted by atomic mass is 35.5. The third-order valence-electron chi connectivity index (χ3n) is 7.16. The van der Waals surface area contributed by atoms with Gasteiger partial charge in [0.15, 0.2) is 0 Å². The van der Waals surface area contributed by atoms with E-state index in [1.54, 1.807) is 43.5 Å². The zero-order valence-electron chi connectivity index (χ0n) is 25.8. The molecule has 236 valence electrons. The maximum atomic E-state index is 14.5. The summed E-state index contributed by atoms with van der Waals surface area (Å²) >= 11 is 6.05. The Kier molecular flexibility index (Phi) is 11.3. The highest BCUT2D eigenvalue weighted by Gasteiger charge is 2.35. The molecule has 0 bridgehead atoms. The number of hydrogen-bond acceptors (Lipinski definition) is 5. The summed E-state index contributed by atoms with van der Waals surface area (Å²) in [4.78, 5) is 29.7. The van der Waals surface area contributed by atoms with E-state index in [9.17, 15) is 18.0 Å². The number of rotatable bonds is 13. The van der Waals surface area contributed by atoms with E-state index < -0.39 is 28.5 Å². The lowest BCUT2D eigenvalue weighted by molar-refractivity contribution is -0.140. The molecule has 0 fully saturated rings. The van der Waals surface area contributed by atoms with Crippen LogP contribution in [0.1, 0.15) is 30.5 Å². The van der Waals surface area contributed by atoms with Crippen LogP contribution in [0, 0.1) is 6.92 Å². The molecule has 0 saturated carbocycles. The summed E-state index contributed by atoms with van der Waals surface area (Å²) in [5.74, 6) is -0.290. The fourth-order valence-electron chi connectivity index (χ4n) is 4.95. The number of nitrogens with one attached hydrogen (secondary N) is 1. The van der Waals surface area contributed by atoms with Gasteiger partial charge < -0.3 is 15.0 Å². The van der Waals surface area contributed by atoms with Crippen molar-refractivity contribution in [1.82, 2.24) is 10.2 Å². The van der Waals surface area contributed by atoms with Crippen LogP contribution in [-0.2, 0) is 32.6 Å². The van der Waals surface area contributed by atoms with Crippen molar-refractivity contribution < 1.29 is 22.7 Å². The van der Waals surface area contributed by atoms with Crippen LogP contribution in [0.5, 0.6) is 5.75 Å². The van der Waals surface area contributed by atoms with Gasteiger partial charge in [-0.3, -0.25) is 13.9 Å². The SMILES string of the molecule is COc1cccc(CN(C(=O)CN(c2cccc(C)c2)S(=O)(=O)c2ccc(Cl)cc2)[C@@H](Cc2ccccc2)C(=O)NC(C)C)c1. The second-order valence-corrected chi connectivity index (χ2v) is 13.3. The molecule has 10 heteroatoms. The van der Waals surface area contributed by atoms with Gasteiger partial charge in [-0.2, -0.15) is 0 Å². The lowest BCUT2D eigenvalue weighted by atomic mass is 10.0. The van der Waals surface area contributed by atoms with E-state index in [1.807, 2.05) is 63.2 Å². The Morgan fingerprint density at radius 1 is 0.867 bits per heavy atom. The van der Waals surface area contributed by atoms with Gasteiger partial charge in [-0.1, -0.05) is 66.2 Å². The zero-order valence-corrected chi connectivity index (χ0v) is 27.4. The molecule has 0 aliphatic carbocycles. The molecule has 0 saturated heterocycles. The lowest BCUT2D eigenvalue weighted by Gasteiger charge is -2.34. The first-order valence-electron chi connectivity index (χ1n) is 14.6. The Morgan fingerprint density at radius 3 is 2.18 bits per heavy atom. The first-order valence-corrected chi connectivity index (χ1v) is 16.4. The Bertz CT molecular complexity index is 1710. The molecule has 45 heavy (non-hydrogen) atoms. The van der Waals surface area contributed by atoms with Crippen LogP contribution >= 0.6 is 11.6 Å². The minimum absolute atomic E-state index is 0.0149. The number of aryl methyl sites for hydroxylation is 1. The first-order chi connectivity index (χ1) is 21.5. The molecular weight excluding hydrogens is 610 g/mol. The number of sulfonamides is 1. The summed E-state index contributed by atoms with van der Waals surface area (Å²) in [5.41, 5.74) is 2.73. The molecule has 0 aliphatic rings. The van der Waals surface area contributed by atoms with Crippen LogP contribution < -0.4 is 14.4 Å². The van der Waals surface area contributed by atoms with Gasteiger partial charge in [0.05, 0.1) is 17.7 Å². The number of carbonyl (C=O) groups is 2. The minimum Gasteiger partial charge on any atom is -0.497 e. The van der Waals surface area contributed by atoms with Crippen molar-refractivity contribution in [3.8, 4) is 5.75 Å². The second kappa shape index (κ2) is 15.1. The van der Waals surface area contributed by atoms with E-state index in [-0.39, 0.29) is 29.8 Å². The van der Waals surface area contributed by atoms with Gasteiger partial charge in [0, 0.05) is 24.0 Å². The molecule has 0 aromatic heterocycles. The third kappa shape index (κ3) is 8.86. The van der Waals surface area contributed by atoms with E-state index >= 15 is 0 Å². The van der Waals surface area contributed by atoms with Gasteiger partial charge in [0.2, 0.25) is 11.8 Å². The van der Waals surface area contributed by atoms with Crippen molar-refractivity contribution in [2.45, 2.75) is 50.7 Å². The molecule has 2 amide bonds. The molecule has 4 aromatic rings. The number of halogens is 1. The summed E-state index contributed by atoms with van der Waals surface area (Å²) in [6.07, 6.45) is 0.226. The Hall–Kier alpha value is -4.34. The smallest absolute Gasteiger partial charge is 0.264 e. The molecule has 0 spiro atoms. The van der Waals surface area contributed by atoms with Crippen LogP contribution in [0.4, 0.5) is 5.69 Å². The van der Waals surface area contributed by atoms with Gasteiger partial charge in [-0.15, -0.1) is 0 Å². The summed E-state index contributed by atoms with van der Waals surface area (Å²) in [7, 11) is -2.66. The molecule has 0 radical (unpaired) electrons. The van der Waals surface area contributed by atoms with Crippen LogP contribution in [0.15, 0.2) is 108 Å². The second-order valence-electron chi connectivity index (χ2n) is 11.0. The summed E-state index contributed by atoms with van der Waals surface area (Å²) in [5, 5.41) is 3.34. The number of amides is 2. The summed E-state index contributed by atoms with van der Waals surface area (Å²) in [6, 6.07) is 28.3. The number of benzene rings is 4. The molecule has 4 rings (SSSR count). The fourth-order valence-corrected chi connectivity index (χ4v) is 6.48. The van der Waals surface area contributed by atoms with Crippen LogP contribution in [0.2, 0.25) is 5.02 Å². The van der Waals surface area contributed by atoms with Crippen molar-refractivity contribution in [1.29, 1.82) is 0 Å². The predicted octanol–water partition coefficient (Wildman–Crippen LogP) is 6.02. The van der Waals surface area contributed by atoms with Gasteiger partial charge >= 0.3 is 0 Å². The largest absolute Gasteiger partial charge is 0.497 e. The van der Waals surface area contributed by atoms with Crippen LogP contribution in [0.3, 0.4) is 0 Å². The molecule has 0 unspecified atom stereocenters. The maximum Gasteiger partial charge on any atom is 0.264 e. The van der Waals surface area contributed by atoms with Gasteiger partial charge in [0.1, 0.15) is 18.3 Å². The molecule has 4 aromatic carbocycles. The normalized spacial score (nSPS) is 12.0. The van der Waals surface area contributed by atoms with Crippen LogP contribution in [-0.4, -0.2) is 50.9 Å². The van der Waals surface area contributed by atoms with Crippen molar-refractivity contribution >= 4 is 39.1 Å². The van der Waals surface area contributed by atoms with Gasteiger partial charge in [-0.05, 0) is 86.0 Å². The zero-order chi connectivity index (χ0) is 32.6. The third-order valence-corrected chi connectivity index (χ3v) is 9.20. The van der Waals surface area contributed by atoms with Crippen molar-refractivity contribution in [3.63, 3.8) is 0 Å². The van der Waals surface area contributed by atoms with Gasteiger partial charge in [-0.25, -0.2) is 8.42 Å². The monoisotopic (exact) mass is 647 g/mol. The van der Waals surface area contributed by atoms with Crippen molar-refractivity contribution in [3.05, 3.63) is 125 Å². The van der Waals surface area contributed by atoms with Crippen LogP contribution in [0.25, 0.3) is 0 Å². The number of ether oxygens (including phenoxy) is 1. The standard InChI is InChI=1S/C35H38ClN3O5S/c1-25(2)37-35(41)33(22-27-11-6-5-7-12-27)38(23-28-13-9-15-31(21-28)44-4)34(40)24-39(30-14-8-10-26(3)20-30)45(42,43)32-18-16-29(36)17-19-32/h5-21,25,33H,22-24H2,1-4H3,(H,37,41)/t33-/m0/s1. The van der Waals surface area contributed by atoms with E-state index in [2.05, 4.69) is 5.32 Å². The lowest BCUT2D eigenvalue weighted by Crippen LogP contribution is -2.54. The molecule has 0 aliphatic heterocycles. The quantitative estimate of drug-likeness (QED) is 0.192. The Balaban J connectivity index is 1.82. The predicted molar refractivity (Wildman–Crippen MR) is 178 cm³/mol. The first kappa shape index (κ1) is 33.6. The average molecular weight is 648 g/mol. The van der Waals surface area contributed by atoms with Crippen molar-refractivity contribution in [2.24, 2.45) is 0 Å². The molecule has 8 nitrogen and oxygen atoms in total. The number of carbonyl (C=O) groups excluding carboxylic acids is 2. The highest BCUT2D eigenvalue weighted by molar-refractivity contribution is 7.92. The Morgan fingerprint density at radius 2 is 1.53 bits per heavy atom. The van der Waals surface area contributed by atoms with E-state index in [4.69, 9.17) is 16.3 Å². The summed E-state index contributed by atoms with van der Waals surface area (Å²) in [6.45, 7) is 5.05. The molecule has 1 atom stereocenters. The fraction of sp³-hybridized carbons (Fsp3) is 0.257. The number of methoxy groups -OCH3 is 1. The topological polar surface area (TPSA) is 96.0 Å². The minimum atomic E-state index is -4.22. The van der Waals surface area contributed by atoms with Crippen molar-refractivity contribution in [2.75, 3.05) is 18.0 Å². The van der Waals surface area contributed by atoms with E-state index in [1.165, 1.54) is 29.2 Å². The maximum absolute atomic E-state index is 14.5. The summed E-state index contributed by atoms with van der Waals surface area (Å²) < 4.78 is 34.7. The molecular formula is C35H38ClN3O5S. The highest BCUT2D eigenvalue weighted by Crippen LogP contribution is 2.27. The number of nitrogens with zero attached hydrogens (tertiary/aromatic N) is 2. The number of hydrogen-bond donors (Lipinski definition) is 1. The average Bonchev–Trinajstić information content (AvgIpc) is 3.01. The molecule has 0 heterocycles. The molecule has 1 N–H and O–H groups in total. The van der Waals surface area contributed by atoms with E-state index in [0.29, 0.717) is 16.5 Å². The Labute approximate surface area is 270 Å².